The number of carbonyl (C=O) groups is 4. The molecule has 1 aliphatic carbocycles. The molecule has 0 radical (unpaired) electrons. The number of methoxy groups -OCH3 is 1. The summed E-state index contributed by atoms with van der Waals surface area (Å²) >= 11 is 6.69. The predicted octanol–water partition coefficient (Wildman–Crippen LogP) is 5.53. The molecule has 2 aliphatic rings. The third-order valence-corrected chi connectivity index (χ3v) is 8.61. The second-order valence-electron chi connectivity index (χ2n) is 11.6. The molecule has 4 rings (SSSR count). The SMILES string of the molecule is COC1(c2ccc(Cl)c(Cc3ccc(C4CCCCC4)cc3)c2)O[C@H](COC(C)=O)[C@@H](OC(C)=O)[C@H](OC(C)=O)[C@H]1OC(C)=O. The van der Waals surface area contributed by atoms with Gasteiger partial charge in [-0.3, -0.25) is 19.2 Å². The van der Waals surface area contributed by atoms with E-state index in [4.69, 9.17) is 40.0 Å². The molecule has 0 aromatic heterocycles. The van der Waals surface area contributed by atoms with Gasteiger partial charge in [0.2, 0.25) is 11.9 Å². The van der Waals surface area contributed by atoms with Gasteiger partial charge in [0, 0.05) is 45.4 Å². The van der Waals surface area contributed by atoms with Crippen molar-refractivity contribution in [2.75, 3.05) is 13.7 Å². The molecule has 0 N–H and O–H groups in total. The van der Waals surface area contributed by atoms with Crippen LogP contribution in [0.2, 0.25) is 5.02 Å². The first kappa shape index (κ1) is 34.4. The molecule has 45 heavy (non-hydrogen) atoms. The molecule has 10 nitrogen and oxygen atoms in total. The molecule has 11 heteroatoms. The van der Waals surface area contributed by atoms with Crippen molar-refractivity contribution in [2.45, 2.75) is 102 Å². The first-order valence-electron chi connectivity index (χ1n) is 15.2. The first-order chi connectivity index (χ1) is 21.4. The molecular formula is C34H41ClO10. The van der Waals surface area contributed by atoms with Crippen LogP contribution in [0.4, 0.5) is 0 Å². The number of benzene rings is 2. The van der Waals surface area contributed by atoms with Crippen molar-refractivity contribution >= 4 is 35.5 Å². The number of rotatable bonds is 10. The van der Waals surface area contributed by atoms with E-state index in [0.717, 1.165) is 11.1 Å². The summed E-state index contributed by atoms with van der Waals surface area (Å²) in [7, 11) is 1.34. The average Bonchev–Trinajstić information content (AvgIpc) is 2.99. The average molecular weight is 645 g/mol. The summed E-state index contributed by atoms with van der Waals surface area (Å²) in [4.78, 5) is 48.7. The van der Waals surface area contributed by atoms with Crippen LogP contribution in [0.15, 0.2) is 42.5 Å². The zero-order chi connectivity index (χ0) is 32.7. The Balaban J connectivity index is 1.76. The van der Waals surface area contributed by atoms with E-state index in [-0.39, 0.29) is 6.61 Å². The standard InChI is InChI=1S/C34H41ClO10/c1-20(36)41-19-30-31(42-21(2)37)32(43-22(3)38)33(44-23(4)39)34(40-5,45-30)28-15-16-29(35)27(18-28)17-24-11-13-26(14-12-24)25-9-7-6-8-10-25/h11-16,18,25,30-33H,6-10,17,19H2,1-5H3/t30-,31-,32+,33-,34?/m1/s1. The number of halogens is 1. The van der Waals surface area contributed by atoms with E-state index in [1.807, 2.05) is 0 Å². The molecule has 1 saturated carbocycles. The zero-order valence-electron chi connectivity index (χ0n) is 26.3. The summed E-state index contributed by atoms with van der Waals surface area (Å²) in [6, 6.07) is 13.7. The lowest BCUT2D eigenvalue weighted by Gasteiger charge is -2.50. The topological polar surface area (TPSA) is 124 Å². The van der Waals surface area contributed by atoms with Gasteiger partial charge in [-0.15, -0.1) is 0 Å². The quantitative estimate of drug-likeness (QED) is 0.241. The molecule has 1 unspecified atom stereocenters. The fourth-order valence-electron chi connectivity index (χ4n) is 6.27. The van der Waals surface area contributed by atoms with Crippen molar-refractivity contribution in [3.8, 4) is 0 Å². The lowest BCUT2D eigenvalue weighted by Crippen LogP contribution is -2.67. The third kappa shape index (κ3) is 8.42. The van der Waals surface area contributed by atoms with E-state index in [9.17, 15) is 19.2 Å². The molecule has 1 aliphatic heterocycles. The van der Waals surface area contributed by atoms with Gasteiger partial charge in [-0.05, 0) is 54.0 Å². The zero-order valence-corrected chi connectivity index (χ0v) is 27.1. The summed E-state index contributed by atoms with van der Waals surface area (Å²) in [6.07, 6.45) is 1.39. The maximum absolute atomic E-state index is 12.4. The van der Waals surface area contributed by atoms with Crippen molar-refractivity contribution in [3.05, 3.63) is 69.7 Å². The van der Waals surface area contributed by atoms with Crippen molar-refractivity contribution < 1.29 is 47.6 Å². The van der Waals surface area contributed by atoms with Crippen LogP contribution in [0.5, 0.6) is 0 Å². The van der Waals surface area contributed by atoms with Crippen molar-refractivity contribution in [1.29, 1.82) is 0 Å². The minimum Gasteiger partial charge on any atom is -0.463 e. The van der Waals surface area contributed by atoms with Crippen molar-refractivity contribution in [3.63, 3.8) is 0 Å². The molecule has 0 spiro atoms. The third-order valence-electron chi connectivity index (χ3n) is 8.24. The fourth-order valence-corrected chi connectivity index (χ4v) is 6.46. The van der Waals surface area contributed by atoms with Crippen LogP contribution in [0, 0.1) is 0 Å². The van der Waals surface area contributed by atoms with Crippen molar-refractivity contribution in [1.82, 2.24) is 0 Å². The molecule has 0 bridgehead atoms. The second kappa shape index (κ2) is 15.2. The van der Waals surface area contributed by atoms with E-state index in [0.29, 0.717) is 22.9 Å². The largest absolute Gasteiger partial charge is 0.463 e. The highest BCUT2D eigenvalue weighted by atomic mass is 35.5. The highest BCUT2D eigenvalue weighted by molar-refractivity contribution is 6.31. The Morgan fingerprint density at radius 2 is 1.44 bits per heavy atom. The highest BCUT2D eigenvalue weighted by Gasteiger charge is 2.61. The van der Waals surface area contributed by atoms with Crippen LogP contribution >= 0.6 is 11.6 Å². The van der Waals surface area contributed by atoms with Gasteiger partial charge in [0.25, 0.3) is 0 Å². The molecule has 5 atom stereocenters. The van der Waals surface area contributed by atoms with E-state index in [2.05, 4.69) is 24.3 Å². The van der Waals surface area contributed by atoms with E-state index in [1.54, 1.807) is 18.2 Å². The predicted molar refractivity (Wildman–Crippen MR) is 163 cm³/mol. The number of ether oxygens (including phenoxy) is 6. The lowest BCUT2D eigenvalue weighted by atomic mass is 9.83. The molecular weight excluding hydrogens is 604 g/mol. The maximum Gasteiger partial charge on any atom is 0.303 e. The normalized spacial score (nSPS) is 25.2. The van der Waals surface area contributed by atoms with Gasteiger partial charge in [-0.1, -0.05) is 61.2 Å². The summed E-state index contributed by atoms with van der Waals surface area (Å²) in [5, 5.41) is 0.493. The smallest absolute Gasteiger partial charge is 0.303 e. The lowest BCUT2D eigenvalue weighted by molar-refractivity contribution is -0.367. The summed E-state index contributed by atoms with van der Waals surface area (Å²) in [5.74, 6) is -4.10. The molecule has 1 heterocycles. The maximum atomic E-state index is 12.4. The van der Waals surface area contributed by atoms with Crippen LogP contribution in [-0.4, -0.2) is 62.0 Å². The number of esters is 4. The van der Waals surface area contributed by atoms with E-state index in [1.165, 1.54) is 72.5 Å². The summed E-state index contributed by atoms with van der Waals surface area (Å²) in [5.41, 5.74) is 3.51. The van der Waals surface area contributed by atoms with Crippen LogP contribution in [0.25, 0.3) is 0 Å². The Labute approximate surface area is 268 Å². The Hall–Kier alpha value is -3.47. The minimum absolute atomic E-state index is 0.378. The van der Waals surface area contributed by atoms with Gasteiger partial charge in [-0.25, -0.2) is 0 Å². The fraction of sp³-hybridized carbons (Fsp3) is 0.529. The van der Waals surface area contributed by atoms with Gasteiger partial charge in [0.1, 0.15) is 12.7 Å². The molecule has 2 aromatic rings. The number of hydrogen-bond acceptors (Lipinski definition) is 10. The molecule has 0 amide bonds. The van der Waals surface area contributed by atoms with Crippen LogP contribution in [-0.2, 0) is 59.8 Å². The van der Waals surface area contributed by atoms with Gasteiger partial charge in [-0.2, -0.15) is 0 Å². The summed E-state index contributed by atoms with van der Waals surface area (Å²) in [6.45, 7) is 4.35. The molecule has 2 aromatic carbocycles. The number of hydrogen-bond donors (Lipinski definition) is 0. The molecule has 2 fully saturated rings. The second-order valence-corrected chi connectivity index (χ2v) is 12.0. The monoisotopic (exact) mass is 644 g/mol. The highest BCUT2D eigenvalue weighted by Crippen LogP contribution is 2.44. The van der Waals surface area contributed by atoms with Crippen LogP contribution in [0.1, 0.15) is 88.0 Å². The van der Waals surface area contributed by atoms with Crippen molar-refractivity contribution in [2.24, 2.45) is 0 Å². The Morgan fingerprint density at radius 1 is 0.822 bits per heavy atom. The first-order valence-corrected chi connectivity index (χ1v) is 15.6. The van der Waals surface area contributed by atoms with E-state index < -0.39 is 54.1 Å². The van der Waals surface area contributed by atoms with Crippen LogP contribution < -0.4 is 0 Å². The Bertz CT molecular complexity index is 1370. The van der Waals surface area contributed by atoms with Gasteiger partial charge in [0.15, 0.2) is 12.2 Å². The molecule has 1 saturated heterocycles. The Morgan fingerprint density at radius 3 is 2.02 bits per heavy atom. The van der Waals surface area contributed by atoms with Crippen LogP contribution in [0.3, 0.4) is 0 Å². The molecule has 244 valence electrons. The number of carbonyl (C=O) groups excluding carboxylic acids is 4. The Kier molecular flexibility index (Phi) is 11.6. The summed E-state index contributed by atoms with van der Waals surface area (Å²) < 4.78 is 34.5. The minimum atomic E-state index is -1.89. The van der Waals surface area contributed by atoms with Gasteiger partial charge < -0.3 is 28.4 Å². The van der Waals surface area contributed by atoms with Gasteiger partial charge in [0.05, 0.1) is 0 Å². The van der Waals surface area contributed by atoms with E-state index >= 15 is 0 Å². The van der Waals surface area contributed by atoms with Gasteiger partial charge >= 0.3 is 23.9 Å².